The topological polar surface area (TPSA) is 0 Å². The monoisotopic (exact) mass is 188 g/mol. The largest absolute Gasteiger partial charge is 0.103 e. The summed E-state index contributed by atoms with van der Waals surface area (Å²) in [4.78, 5) is 0. The second kappa shape index (κ2) is 6.86. The maximum absolute atomic E-state index is 3.80. The van der Waals surface area contributed by atoms with Crippen LogP contribution in [0, 0.1) is 5.92 Å². The lowest BCUT2D eigenvalue weighted by atomic mass is 10.1. The summed E-state index contributed by atoms with van der Waals surface area (Å²) >= 11 is 0. The molecule has 0 aromatic rings. The molecule has 0 amide bonds. The Morgan fingerprint density at radius 1 is 1.36 bits per heavy atom. The summed E-state index contributed by atoms with van der Waals surface area (Å²) in [6, 6.07) is 0. The van der Waals surface area contributed by atoms with Gasteiger partial charge >= 0.3 is 0 Å². The van der Waals surface area contributed by atoms with Gasteiger partial charge in [0, 0.05) is 5.25 Å². The summed E-state index contributed by atoms with van der Waals surface area (Å²) < 4.78 is 0. The van der Waals surface area contributed by atoms with Gasteiger partial charge in [0.15, 0.2) is 0 Å². The molecule has 2 heteroatoms. The molecule has 0 radical (unpaired) electrons. The molecule has 0 aromatic heterocycles. The highest BCUT2D eigenvalue weighted by atomic mass is 33.1. The van der Waals surface area contributed by atoms with Crippen LogP contribution in [-0.4, -0.2) is 11.5 Å². The molecule has 2 unspecified atom stereocenters. The van der Waals surface area contributed by atoms with Gasteiger partial charge in [-0.2, -0.15) is 0 Å². The molecule has 0 rings (SSSR count). The number of hydrogen-bond donors (Lipinski definition) is 0. The predicted octanol–water partition coefficient (Wildman–Crippen LogP) is 3.76. The van der Waals surface area contributed by atoms with E-state index in [4.69, 9.17) is 0 Å². The van der Waals surface area contributed by atoms with Crippen molar-refractivity contribution in [2.24, 2.45) is 5.92 Å². The van der Waals surface area contributed by atoms with Gasteiger partial charge in [0.2, 0.25) is 0 Å². The van der Waals surface area contributed by atoms with Crippen molar-refractivity contribution in [3.05, 3.63) is 25.3 Å². The van der Waals surface area contributed by atoms with Crippen molar-refractivity contribution < 1.29 is 0 Å². The normalized spacial score (nSPS) is 15.5. The van der Waals surface area contributed by atoms with Crippen LogP contribution in [-0.2, 0) is 0 Å². The maximum atomic E-state index is 3.80. The third kappa shape index (κ3) is 5.45. The van der Waals surface area contributed by atoms with Gasteiger partial charge in [-0.05, 0) is 18.6 Å². The first-order valence-electron chi connectivity index (χ1n) is 3.69. The fourth-order valence-corrected chi connectivity index (χ4v) is 2.68. The molecule has 0 aliphatic rings. The Balaban J connectivity index is 3.66. The molecule has 0 fully saturated rings. The summed E-state index contributed by atoms with van der Waals surface area (Å²) in [6.07, 6.45) is 7.26. The van der Waals surface area contributed by atoms with E-state index in [1.165, 1.54) is 0 Å². The summed E-state index contributed by atoms with van der Waals surface area (Å²) in [5.41, 5.74) is 0. The lowest BCUT2D eigenvalue weighted by Crippen LogP contribution is -2.01. The van der Waals surface area contributed by atoms with Crippen molar-refractivity contribution in [1.82, 2.24) is 0 Å². The Kier molecular flexibility index (Phi) is 6.98. The van der Waals surface area contributed by atoms with Gasteiger partial charge in [-0.25, -0.2) is 0 Å². The minimum absolute atomic E-state index is 0.568. The summed E-state index contributed by atoms with van der Waals surface area (Å²) in [5.74, 6) is 0.595. The van der Waals surface area contributed by atoms with Crippen molar-refractivity contribution >= 4 is 21.6 Å². The van der Waals surface area contributed by atoms with Gasteiger partial charge in [-0.3, -0.25) is 0 Å². The van der Waals surface area contributed by atoms with Gasteiger partial charge in [0.25, 0.3) is 0 Å². The molecule has 0 bridgehead atoms. The third-order valence-electron chi connectivity index (χ3n) is 1.49. The smallest absolute Gasteiger partial charge is 0.0333 e. The minimum atomic E-state index is 0.568. The Morgan fingerprint density at radius 2 is 2.00 bits per heavy atom. The van der Waals surface area contributed by atoms with Crippen molar-refractivity contribution in [3.63, 3.8) is 0 Å². The van der Waals surface area contributed by atoms with Crippen LogP contribution >= 0.6 is 21.6 Å². The predicted molar refractivity (Wildman–Crippen MR) is 59.1 cm³/mol. The van der Waals surface area contributed by atoms with Crippen molar-refractivity contribution in [3.8, 4) is 0 Å². The molecule has 0 N–H and O–H groups in total. The van der Waals surface area contributed by atoms with Crippen molar-refractivity contribution in [2.45, 2.75) is 18.6 Å². The molecular formula is C9H16S2. The van der Waals surface area contributed by atoms with Crippen LogP contribution in [0.3, 0.4) is 0 Å². The van der Waals surface area contributed by atoms with Gasteiger partial charge in [-0.1, -0.05) is 40.7 Å². The lowest BCUT2D eigenvalue weighted by molar-refractivity contribution is 0.670. The molecule has 0 saturated carbocycles. The van der Waals surface area contributed by atoms with E-state index in [0.717, 1.165) is 6.42 Å². The highest BCUT2D eigenvalue weighted by Crippen LogP contribution is 2.29. The molecule has 64 valence electrons. The van der Waals surface area contributed by atoms with E-state index in [-0.39, 0.29) is 0 Å². The van der Waals surface area contributed by atoms with Gasteiger partial charge in [-0.15, -0.1) is 13.2 Å². The van der Waals surface area contributed by atoms with E-state index >= 15 is 0 Å². The van der Waals surface area contributed by atoms with Gasteiger partial charge in [0.05, 0.1) is 0 Å². The Hall–Kier alpha value is 0.180. The zero-order chi connectivity index (χ0) is 8.69. The maximum Gasteiger partial charge on any atom is 0.0333 e. The average molecular weight is 188 g/mol. The summed E-state index contributed by atoms with van der Waals surface area (Å²) in [6.45, 7) is 9.74. The molecule has 0 aliphatic carbocycles. The molecule has 0 nitrogen and oxygen atoms in total. The molecule has 0 aromatic carbocycles. The van der Waals surface area contributed by atoms with Gasteiger partial charge in [0.1, 0.15) is 0 Å². The standard InChI is InChI=1S/C9H16S2/c1-5-8(3)7-9(6-2)11-10-4/h5-6,8-9H,1-2,7H2,3-4H3. The molecule has 11 heavy (non-hydrogen) atoms. The van der Waals surface area contributed by atoms with Crippen molar-refractivity contribution in [2.75, 3.05) is 6.26 Å². The number of hydrogen-bond acceptors (Lipinski definition) is 2. The fraction of sp³-hybridized carbons (Fsp3) is 0.556. The van der Waals surface area contributed by atoms with E-state index in [9.17, 15) is 0 Å². The molecule has 0 spiro atoms. The molecular weight excluding hydrogens is 172 g/mol. The molecule has 0 heterocycles. The molecule has 0 aliphatic heterocycles. The number of rotatable bonds is 6. The van der Waals surface area contributed by atoms with Crippen LogP contribution < -0.4 is 0 Å². The van der Waals surface area contributed by atoms with Crippen LogP contribution in [0.4, 0.5) is 0 Å². The van der Waals surface area contributed by atoms with Crippen molar-refractivity contribution in [1.29, 1.82) is 0 Å². The van der Waals surface area contributed by atoms with Crippen LogP contribution in [0.2, 0.25) is 0 Å². The zero-order valence-electron chi connectivity index (χ0n) is 7.25. The summed E-state index contributed by atoms with van der Waals surface area (Å²) in [5, 5.41) is 0.568. The second-order valence-electron chi connectivity index (χ2n) is 2.49. The first-order chi connectivity index (χ1) is 5.24. The average Bonchev–Trinajstić information content (AvgIpc) is 2.03. The Morgan fingerprint density at radius 3 is 2.36 bits per heavy atom. The van der Waals surface area contributed by atoms with Crippen LogP contribution in [0.5, 0.6) is 0 Å². The van der Waals surface area contributed by atoms with Gasteiger partial charge < -0.3 is 0 Å². The quantitative estimate of drug-likeness (QED) is 0.460. The zero-order valence-corrected chi connectivity index (χ0v) is 8.88. The van der Waals surface area contributed by atoms with E-state index in [1.807, 2.05) is 22.9 Å². The van der Waals surface area contributed by atoms with E-state index < -0.39 is 0 Å². The SMILES string of the molecule is C=CC(C)CC(C=C)SSC. The van der Waals surface area contributed by atoms with Crippen LogP contribution in [0.25, 0.3) is 0 Å². The lowest BCUT2D eigenvalue weighted by Gasteiger charge is -2.12. The fourth-order valence-electron chi connectivity index (χ4n) is 0.761. The van der Waals surface area contributed by atoms with E-state index in [1.54, 1.807) is 10.8 Å². The van der Waals surface area contributed by atoms with E-state index in [2.05, 4.69) is 26.3 Å². The van der Waals surface area contributed by atoms with E-state index in [0.29, 0.717) is 11.2 Å². The third-order valence-corrected chi connectivity index (χ3v) is 3.63. The first-order valence-corrected chi connectivity index (χ1v) is 6.31. The molecule has 2 atom stereocenters. The summed E-state index contributed by atoms with van der Waals surface area (Å²) in [7, 11) is 3.67. The highest BCUT2D eigenvalue weighted by Gasteiger charge is 2.06. The first kappa shape index (κ1) is 11.2. The minimum Gasteiger partial charge on any atom is -0.103 e. The van der Waals surface area contributed by atoms with Crippen LogP contribution in [0.15, 0.2) is 25.3 Å². The van der Waals surface area contributed by atoms with Crippen LogP contribution in [0.1, 0.15) is 13.3 Å². The highest BCUT2D eigenvalue weighted by molar-refractivity contribution is 8.76. The Bertz CT molecular complexity index is 121. The molecule has 0 saturated heterocycles. The number of allylic oxidation sites excluding steroid dienone is 1. The second-order valence-corrected chi connectivity index (χ2v) is 5.19. The Labute approximate surface area is 77.9 Å².